The van der Waals surface area contributed by atoms with Gasteiger partial charge in [0.25, 0.3) is 0 Å². The molecule has 0 aliphatic heterocycles. The van der Waals surface area contributed by atoms with Gasteiger partial charge in [-0.05, 0) is 53.6 Å². The Hall–Kier alpha value is -3.53. The molecular formula is C32H36N2O2. The van der Waals surface area contributed by atoms with E-state index in [1.807, 2.05) is 30.3 Å². The molecule has 0 spiro atoms. The number of nitrogens with one attached hydrogen (secondary N) is 2. The van der Waals surface area contributed by atoms with Crippen LogP contribution in [-0.4, -0.2) is 16.9 Å². The van der Waals surface area contributed by atoms with Crippen LogP contribution in [0.25, 0.3) is 10.9 Å². The van der Waals surface area contributed by atoms with Gasteiger partial charge in [0.15, 0.2) is 0 Å². The molecule has 1 atom stereocenters. The molecule has 36 heavy (non-hydrogen) atoms. The van der Waals surface area contributed by atoms with Crippen LogP contribution < -0.4 is 10.1 Å². The zero-order chi connectivity index (χ0) is 24.7. The van der Waals surface area contributed by atoms with Crippen molar-refractivity contribution in [1.82, 2.24) is 10.3 Å². The predicted octanol–water partition coefficient (Wildman–Crippen LogP) is 7.28. The van der Waals surface area contributed by atoms with Crippen LogP contribution in [0.15, 0.2) is 79.0 Å². The number of hydrogen-bond acceptors (Lipinski definition) is 2. The first kappa shape index (κ1) is 24.2. The van der Waals surface area contributed by atoms with E-state index >= 15 is 0 Å². The van der Waals surface area contributed by atoms with Crippen molar-refractivity contribution in [2.75, 3.05) is 0 Å². The molecule has 1 heterocycles. The Kier molecular flexibility index (Phi) is 7.70. The number of aromatic nitrogens is 1. The molecule has 0 saturated heterocycles. The summed E-state index contributed by atoms with van der Waals surface area (Å²) in [7, 11) is 0. The molecule has 0 bridgehead atoms. The van der Waals surface area contributed by atoms with Crippen LogP contribution in [0, 0.1) is 0 Å². The molecular weight excluding hydrogens is 444 g/mol. The summed E-state index contributed by atoms with van der Waals surface area (Å²) in [4.78, 5) is 16.8. The number of hydrogen-bond donors (Lipinski definition) is 2. The first-order chi connectivity index (χ1) is 17.7. The van der Waals surface area contributed by atoms with Gasteiger partial charge in [-0.15, -0.1) is 0 Å². The SMILES string of the molecule is CCc1cccc2c(C(CC(=O)NC3CCCCC3)c3cccc(OCc4ccccc4)c3)c[nH]c12. The zero-order valence-corrected chi connectivity index (χ0v) is 21.1. The molecule has 1 fully saturated rings. The van der Waals surface area contributed by atoms with E-state index < -0.39 is 0 Å². The molecule has 4 heteroatoms. The van der Waals surface area contributed by atoms with Crippen LogP contribution in [0.1, 0.15) is 73.6 Å². The van der Waals surface area contributed by atoms with Gasteiger partial charge in [-0.1, -0.05) is 86.8 Å². The van der Waals surface area contributed by atoms with E-state index in [2.05, 4.69) is 65.9 Å². The number of para-hydroxylation sites is 1. The summed E-state index contributed by atoms with van der Waals surface area (Å²) < 4.78 is 6.14. The summed E-state index contributed by atoms with van der Waals surface area (Å²) in [6, 6.07) is 25.2. The van der Waals surface area contributed by atoms with Gasteiger partial charge in [-0.3, -0.25) is 4.79 Å². The zero-order valence-electron chi connectivity index (χ0n) is 21.1. The first-order valence-corrected chi connectivity index (χ1v) is 13.4. The van der Waals surface area contributed by atoms with E-state index in [-0.39, 0.29) is 11.8 Å². The Labute approximate surface area is 214 Å². The maximum atomic E-state index is 13.3. The molecule has 1 aliphatic carbocycles. The van der Waals surface area contributed by atoms with Gasteiger partial charge < -0.3 is 15.0 Å². The van der Waals surface area contributed by atoms with Crippen LogP contribution >= 0.6 is 0 Å². The lowest BCUT2D eigenvalue weighted by Crippen LogP contribution is -2.36. The van der Waals surface area contributed by atoms with Crippen molar-refractivity contribution in [2.24, 2.45) is 0 Å². The van der Waals surface area contributed by atoms with E-state index in [1.54, 1.807) is 0 Å². The molecule has 2 N–H and O–H groups in total. The van der Waals surface area contributed by atoms with Crippen LogP contribution in [0.2, 0.25) is 0 Å². The van der Waals surface area contributed by atoms with Crippen molar-refractivity contribution in [3.05, 3.63) is 101 Å². The third kappa shape index (κ3) is 5.64. The van der Waals surface area contributed by atoms with Crippen molar-refractivity contribution in [3.8, 4) is 5.75 Å². The summed E-state index contributed by atoms with van der Waals surface area (Å²) in [5.74, 6) is 0.890. The van der Waals surface area contributed by atoms with Gasteiger partial charge in [-0.25, -0.2) is 0 Å². The van der Waals surface area contributed by atoms with Gasteiger partial charge in [0, 0.05) is 35.5 Å². The smallest absolute Gasteiger partial charge is 0.221 e. The molecule has 1 amide bonds. The highest BCUT2D eigenvalue weighted by molar-refractivity contribution is 5.88. The minimum atomic E-state index is -0.0604. The summed E-state index contributed by atoms with van der Waals surface area (Å²) in [5, 5.41) is 4.53. The molecule has 5 rings (SSSR count). The fraction of sp³-hybridized carbons (Fsp3) is 0.344. The molecule has 186 valence electrons. The number of benzene rings is 3. The highest BCUT2D eigenvalue weighted by atomic mass is 16.5. The number of carbonyl (C=O) groups is 1. The molecule has 1 saturated carbocycles. The first-order valence-electron chi connectivity index (χ1n) is 13.4. The van der Waals surface area contributed by atoms with Crippen LogP contribution in [-0.2, 0) is 17.8 Å². The number of carbonyl (C=O) groups excluding carboxylic acids is 1. The van der Waals surface area contributed by atoms with Crippen molar-refractivity contribution < 1.29 is 9.53 Å². The number of aryl methyl sites for hydroxylation is 1. The minimum Gasteiger partial charge on any atom is -0.489 e. The van der Waals surface area contributed by atoms with E-state index in [1.165, 1.54) is 41.3 Å². The summed E-state index contributed by atoms with van der Waals surface area (Å²) in [6.45, 7) is 2.70. The topological polar surface area (TPSA) is 54.1 Å². The highest BCUT2D eigenvalue weighted by Crippen LogP contribution is 2.36. The number of rotatable bonds is 9. The molecule has 4 nitrogen and oxygen atoms in total. The molecule has 1 unspecified atom stereocenters. The lowest BCUT2D eigenvalue weighted by Gasteiger charge is -2.24. The van der Waals surface area contributed by atoms with Crippen molar-refractivity contribution >= 4 is 16.8 Å². The van der Waals surface area contributed by atoms with Crippen molar-refractivity contribution in [1.29, 1.82) is 0 Å². The normalized spacial score (nSPS) is 15.0. The minimum absolute atomic E-state index is 0.0604. The Morgan fingerprint density at radius 1 is 1.00 bits per heavy atom. The van der Waals surface area contributed by atoms with Gasteiger partial charge in [0.2, 0.25) is 5.91 Å². The van der Waals surface area contributed by atoms with Gasteiger partial charge in [0.05, 0.1) is 0 Å². The van der Waals surface area contributed by atoms with Crippen LogP contribution in [0.4, 0.5) is 0 Å². The summed E-state index contributed by atoms with van der Waals surface area (Å²) in [5.41, 5.74) is 5.87. The number of ether oxygens (including phenoxy) is 1. The number of H-pyrrole nitrogens is 1. The van der Waals surface area contributed by atoms with Crippen molar-refractivity contribution in [3.63, 3.8) is 0 Å². The molecule has 0 radical (unpaired) electrons. The average molecular weight is 481 g/mol. The van der Waals surface area contributed by atoms with Crippen LogP contribution in [0.5, 0.6) is 5.75 Å². The molecule has 1 aromatic heterocycles. The molecule has 1 aliphatic rings. The monoisotopic (exact) mass is 480 g/mol. The van der Waals surface area contributed by atoms with Crippen molar-refractivity contribution in [2.45, 2.75) is 70.4 Å². The largest absolute Gasteiger partial charge is 0.489 e. The maximum absolute atomic E-state index is 13.3. The van der Waals surface area contributed by atoms with Gasteiger partial charge >= 0.3 is 0 Å². The van der Waals surface area contributed by atoms with Gasteiger partial charge in [-0.2, -0.15) is 0 Å². The number of amides is 1. The lowest BCUT2D eigenvalue weighted by atomic mass is 9.87. The maximum Gasteiger partial charge on any atom is 0.221 e. The Balaban J connectivity index is 1.43. The standard InChI is InChI=1S/C32H36N2O2/c1-2-24-13-10-18-28-30(21-33-32(24)28)29(20-31(35)34-26-15-7-4-8-16-26)25-14-9-17-27(19-25)36-22-23-11-5-3-6-12-23/h3,5-6,9-14,17-19,21,26,29,33H,2,4,7-8,15-16,20,22H2,1H3,(H,34,35). The van der Waals surface area contributed by atoms with E-state index in [0.717, 1.165) is 36.1 Å². The third-order valence-electron chi connectivity index (χ3n) is 7.46. The van der Waals surface area contributed by atoms with E-state index in [0.29, 0.717) is 19.1 Å². The van der Waals surface area contributed by atoms with Crippen LogP contribution in [0.3, 0.4) is 0 Å². The Morgan fingerprint density at radius 2 is 1.81 bits per heavy atom. The summed E-state index contributed by atoms with van der Waals surface area (Å²) in [6.07, 6.45) is 9.35. The molecule has 3 aromatic carbocycles. The Bertz CT molecular complexity index is 1290. The van der Waals surface area contributed by atoms with Gasteiger partial charge in [0.1, 0.15) is 12.4 Å². The quantitative estimate of drug-likeness (QED) is 0.264. The lowest BCUT2D eigenvalue weighted by molar-refractivity contribution is -0.122. The highest BCUT2D eigenvalue weighted by Gasteiger charge is 2.24. The third-order valence-corrected chi connectivity index (χ3v) is 7.46. The number of aromatic amines is 1. The average Bonchev–Trinajstić information content (AvgIpc) is 3.36. The van der Waals surface area contributed by atoms with E-state index in [9.17, 15) is 4.79 Å². The summed E-state index contributed by atoms with van der Waals surface area (Å²) >= 11 is 0. The Morgan fingerprint density at radius 3 is 2.61 bits per heavy atom. The number of fused-ring (bicyclic) bond motifs is 1. The fourth-order valence-electron chi connectivity index (χ4n) is 5.51. The fourth-order valence-corrected chi connectivity index (χ4v) is 5.51. The predicted molar refractivity (Wildman–Crippen MR) is 146 cm³/mol. The second-order valence-electron chi connectivity index (χ2n) is 9.94. The second-order valence-corrected chi connectivity index (χ2v) is 9.94. The molecule has 4 aromatic rings. The van der Waals surface area contributed by atoms with E-state index in [4.69, 9.17) is 4.74 Å². The second kappa shape index (κ2) is 11.5.